The smallest absolute Gasteiger partial charge is 0.224 e. The highest BCUT2D eigenvalue weighted by Crippen LogP contribution is 2.20. The number of amides is 1. The van der Waals surface area contributed by atoms with Gasteiger partial charge in [-0.05, 0) is 31.4 Å². The number of carbonyl (C=O) groups is 1. The number of carbonyl (C=O) groups excluding carboxylic acids is 1. The van der Waals surface area contributed by atoms with E-state index in [0.29, 0.717) is 0 Å². The number of rotatable bonds is 4. The van der Waals surface area contributed by atoms with Gasteiger partial charge in [0.2, 0.25) is 5.91 Å². The van der Waals surface area contributed by atoms with Gasteiger partial charge in [0, 0.05) is 44.5 Å². The quantitative estimate of drug-likeness (QED) is 0.930. The third-order valence-electron chi connectivity index (χ3n) is 5.41. The molecule has 1 saturated heterocycles. The van der Waals surface area contributed by atoms with E-state index in [-0.39, 0.29) is 17.9 Å². The molecule has 1 N–H and O–H groups in total. The second-order valence-electron chi connectivity index (χ2n) is 7.30. The monoisotopic (exact) mass is 338 g/mol. The third-order valence-corrected chi connectivity index (χ3v) is 5.41. The van der Waals surface area contributed by atoms with Crippen LogP contribution in [0.3, 0.4) is 0 Å². The minimum atomic E-state index is 0.113. The number of aryl methyl sites for hydroxylation is 1. The summed E-state index contributed by atoms with van der Waals surface area (Å²) in [5.41, 5.74) is 1.32. The number of hydrogen-bond acceptors (Lipinski definition) is 3. The van der Waals surface area contributed by atoms with E-state index in [1.54, 1.807) is 0 Å². The van der Waals surface area contributed by atoms with Gasteiger partial charge in [-0.3, -0.25) is 9.69 Å². The molecule has 132 valence electrons. The molecule has 0 spiro atoms. The molecule has 3 heterocycles. The number of benzene rings is 1. The van der Waals surface area contributed by atoms with Crippen LogP contribution >= 0.6 is 0 Å². The number of aromatic nitrogens is 2. The first-order chi connectivity index (χ1) is 12.3. The van der Waals surface area contributed by atoms with Crippen molar-refractivity contribution in [2.45, 2.75) is 44.8 Å². The SMILES string of the molecule is O=C(N[C@@H]1CCc2nccn2C1)[C@@H]1CCCN(Cc2ccccc2)C1. The zero-order chi connectivity index (χ0) is 17.1. The topological polar surface area (TPSA) is 50.2 Å². The van der Waals surface area contributed by atoms with Crippen molar-refractivity contribution in [3.8, 4) is 0 Å². The van der Waals surface area contributed by atoms with Gasteiger partial charge >= 0.3 is 0 Å². The van der Waals surface area contributed by atoms with E-state index in [2.05, 4.69) is 44.0 Å². The Balaban J connectivity index is 1.31. The second-order valence-corrected chi connectivity index (χ2v) is 7.30. The van der Waals surface area contributed by atoms with E-state index in [1.165, 1.54) is 5.56 Å². The van der Waals surface area contributed by atoms with Gasteiger partial charge in [0.25, 0.3) is 0 Å². The summed E-state index contributed by atoms with van der Waals surface area (Å²) in [6.45, 7) is 3.73. The molecule has 0 radical (unpaired) electrons. The summed E-state index contributed by atoms with van der Waals surface area (Å²) < 4.78 is 2.16. The molecule has 4 rings (SSSR count). The van der Waals surface area contributed by atoms with Crippen molar-refractivity contribution in [3.63, 3.8) is 0 Å². The fraction of sp³-hybridized carbons (Fsp3) is 0.500. The molecule has 5 nitrogen and oxygen atoms in total. The lowest BCUT2D eigenvalue weighted by Gasteiger charge is -2.33. The molecule has 2 atom stereocenters. The van der Waals surface area contributed by atoms with Crippen LogP contribution < -0.4 is 5.32 Å². The van der Waals surface area contributed by atoms with E-state index in [9.17, 15) is 4.79 Å². The van der Waals surface area contributed by atoms with Crippen molar-refractivity contribution in [3.05, 3.63) is 54.1 Å². The molecular weight excluding hydrogens is 312 g/mol. The van der Waals surface area contributed by atoms with Gasteiger partial charge in [-0.15, -0.1) is 0 Å². The zero-order valence-electron chi connectivity index (χ0n) is 14.6. The number of nitrogens with one attached hydrogen (secondary N) is 1. The molecule has 25 heavy (non-hydrogen) atoms. The van der Waals surface area contributed by atoms with Gasteiger partial charge < -0.3 is 9.88 Å². The van der Waals surface area contributed by atoms with Crippen LogP contribution in [0, 0.1) is 5.92 Å². The molecular formula is C20H26N4O. The molecule has 0 unspecified atom stereocenters. The molecule has 0 saturated carbocycles. The largest absolute Gasteiger partial charge is 0.351 e. The zero-order valence-corrected chi connectivity index (χ0v) is 14.6. The maximum atomic E-state index is 12.8. The minimum absolute atomic E-state index is 0.113. The number of likely N-dealkylation sites (tertiary alicyclic amines) is 1. The highest BCUT2D eigenvalue weighted by molar-refractivity contribution is 5.79. The Labute approximate surface area is 149 Å². The minimum Gasteiger partial charge on any atom is -0.351 e. The number of nitrogens with zero attached hydrogens (tertiary/aromatic N) is 3. The van der Waals surface area contributed by atoms with Crippen molar-refractivity contribution in [2.24, 2.45) is 5.92 Å². The average Bonchev–Trinajstić information content (AvgIpc) is 3.10. The molecule has 1 aromatic carbocycles. The van der Waals surface area contributed by atoms with Gasteiger partial charge in [-0.25, -0.2) is 4.98 Å². The Kier molecular flexibility index (Phi) is 4.83. The van der Waals surface area contributed by atoms with Crippen molar-refractivity contribution >= 4 is 5.91 Å². The normalized spacial score (nSPS) is 23.8. The Morgan fingerprint density at radius 3 is 2.96 bits per heavy atom. The van der Waals surface area contributed by atoms with Gasteiger partial charge in [0.05, 0.1) is 5.92 Å². The number of hydrogen-bond donors (Lipinski definition) is 1. The van der Waals surface area contributed by atoms with Crippen molar-refractivity contribution in [1.29, 1.82) is 0 Å². The summed E-state index contributed by atoms with van der Waals surface area (Å²) in [4.78, 5) is 19.5. The number of imidazole rings is 1. The number of piperidine rings is 1. The van der Waals surface area contributed by atoms with Crippen LogP contribution in [0.15, 0.2) is 42.7 Å². The summed E-state index contributed by atoms with van der Waals surface area (Å²) >= 11 is 0. The highest BCUT2D eigenvalue weighted by Gasteiger charge is 2.28. The lowest BCUT2D eigenvalue weighted by molar-refractivity contribution is -0.127. The first kappa shape index (κ1) is 16.3. The maximum Gasteiger partial charge on any atom is 0.224 e. The Morgan fingerprint density at radius 2 is 2.08 bits per heavy atom. The highest BCUT2D eigenvalue weighted by atomic mass is 16.2. The molecule has 1 fully saturated rings. The summed E-state index contributed by atoms with van der Waals surface area (Å²) in [6, 6.07) is 10.8. The van der Waals surface area contributed by atoms with Crippen LogP contribution in [0.2, 0.25) is 0 Å². The van der Waals surface area contributed by atoms with E-state index in [1.807, 2.05) is 18.5 Å². The van der Waals surface area contributed by atoms with Crippen molar-refractivity contribution < 1.29 is 4.79 Å². The van der Waals surface area contributed by atoms with Gasteiger partial charge in [-0.2, -0.15) is 0 Å². The molecule has 2 aliphatic heterocycles. The summed E-state index contributed by atoms with van der Waals surface area (Å²) in [7, 11) is 0. The Morgan fingerprint density at radius 1 is 1.20 bits per heavy atom. The van der Waals surface area contributed by atoms with Crippen LogP contribution in [0.5, 0.6) is 0 Å². The molecule has 5 heteroatoms. The van der Waals surface area contributed by atoms with Gasteiger partial charge in [0.1, 0.15) is 5.82 Å². The molecule has 2 aromatic rings. The first-order valence-electron chi connectivity index (χ1n) is 9.34. The number of fused-ring (bicyclic) bond motifs is 1. The molecule has 2 aliphatic rings. The van der Waals surface area contributed by atoms with Crippen LogP contribution in [0.25, 0.3) is 0 Å². The van der Waals surface area contributed by atoms with Crippen LogP contribution in [-0.2, 0) is 24.3 Å². The fourth-order valence-electron chi connectivity index (χ4n) is 4.06. The van der Waals surface area contributed by atoms with Crippen molar-refractivity contribution in [2.75, 3.05) is 13.1 Å². The molecule has 1 aromatic heterocycles. The van der Waals surface area contributed by atoms with Crippen LogP contribution in [0.1, 0.15) is 30.7 Å². The third kappa shape index (κ3) is 3.93. The second kappa shape index (κ2) is 7.40. The van der Waals surface area contributed by atoms with Gasteiger partial charge in [-0.1, -0.05) is 30.3 Å². The standard InChI is InChI=1S/C20H26N4O/c25-20(22-18-8-9-19-21-10-12-24(19)15-18)17-7-4-11-23(14-17)13-16-5-2-1-3-6-16/h1-3,5-6,10,12,17-18H,4,7-9,11,13-15H2,(H,22,25)/t17-,18-/m1/s1. The van der Waals surface area contributed by atoms with E-state index in [0.717, 1.165) is 57.7 Å². The van der Waals surface area contributed by atoms with E-state index < -0.39 is 0 Å². The average molecular weight is 338 g/mol. The fourth-order valence-corrected chi connectivity index (χ4v) is 4.06. The molecule has 0 bridgehead atoms. The lowest BCUT2D eigenvalue weighted by atomic mass is 9.95. The lowest BCUT2D eigenvalue weighted by Crippen LogP contribution is -2.47. The summed E-state index contributed by atoms with van der Waals surface area (Å²) in [5, 5.41) is 3.29. The van der Waals surface area contributed by atoms with Crippen LogP contribution in [-0.4, -0.2) is 39.5 Å². The van der Waals surface area contributed by atoms with E-state index >= 15 is 0 Å². The van der Waals surface area contributed by atoms with E-state index in [4.69, 9.17) is 0 Å². The van der Waals surface area contributed by atoms with Crippen molar-refractivity contribution in [1.82, 2.24) is 19.8 Å². The Hall–Kier alpha value is -2.14. The first-order valence-corrected chi connectivity index (χ1v) is 9.34. The molecule has 1 amide bonds. The predicted octanol–water partition coefficient (Wildman–Crippen LogP) is 2.23. The summed E-state index contributed by atoms with van der Waals surface area (Å²) in [6.07, 6.45) is 7.89. The van der Waals surface area contributed by atoms with Gasteiger partial charge in [0.15, 0.2) is 0 Å². The predicted molar refractivity (Wildman–Crippen MR) is 96.9 cm³/mol. The molecule has 0 aliphatic carbocycles. The Bertz CT molecular complexity index is 711. The maximum absolute atomic E-state index is 12.8. The van der Waals surface area contributed by atoms with Crippen LogP contribution in [0.4, 0.5) is 0 Å². The summed E-state index contributed by atoms with van der Waals surface area (Å²) in [5.74, 6) is 1.48.